The number of rotatable bonds is 3. The van der Waals surface area contributed by atoms with Crippen molar-refractivity contribution in [2.24, 2.45) is 0 Å². The molecule has 0 saturated carbocycles. The molecule has 0 radical (unpaired) electrons. The Morgan fingerprint density at radius 3 is 2.95 bits per heavy atom. The zero-order valence-corrected chi connectivity index (χ0v) is 11.8. The number of pyridine rings is 1. The van der Waals surface area contributed by atoms with Gasteiger partial charge in [0.05, 0.1) is 5.56 Å². The summed E-state index contributed by atoms with van der Waals surface area (Å²) in [5, 5.41) is 11.5. The second kappa shape index (κ2) is 7.22. The molecule has 0 saturated heterocycles. The van der Waals surface area contributed by atoms with E-state index >= 15 is 0 Å². The van der Waals surface area contributed by atoms with E-state index in [1.165, 1.54) is 6.20 Å². The van der Waals surface area contributed by atoms with Crippen LogP contribution in [0.2, 0.25) is 0 Å². The molecule has 106 valence electrons. The zero-order chi connectivity index (χ0) is 15.1. The first-order valence-electron chi connectivity index (χ1n) is 6.57. The summed E-state index contributed by atoms with van der Waals surface area (Å²) in [6, 6.07) is 9.62. The maximum atomic E-state index is 12.1. The van der Waals surface area contributed by atoms with Gasteiger partial charge in [-0.25, -0.2) is 0 Å². The van der Waals surface area contributed by atoms with Crippen molar-refractivity contribution in [2.45, 2.75) is 13.5 Å². The van der Waals surface area contributed by atoms with Gasteiger partial charge in [-0.2, -0.15) is 0 Å². The van der Waals surface area contributed by atoms with Crippen molar-refractivity contribution in [1.29, 1.82) is 0 Å². The summed E-state index contributed by atoms with van der Waals surface area (Å²) in [5.41, 5.74) is 3.26. The standard InChI is InChI=1S/C17H16N2O2/c1-13-4-2-5-14(8-13)11-19-17(21)16-9-15(6-3-7-20)10-18-12-16/h2,4-5,8-10,12,20H,7,11H2,1H3,(H,19,21). The van der Waals surface area contributed by atoms with E-state index in [2.05, 4.69) is 22.1 Å². The minimum absolute atomic E-state index is 0.198. The molecule has 0 bridgehead atoms. The predicted molar refractivity (Wildman–Crippen MR) is 80.6 cm³/mol. The highest BCUT2D eigenvalue weighted by atomic mass is 16.2. The van der Waals surface area contributed by atoms with Crippen molar-refractivity contribution in [1.82, 2.24) is 10.3 Å². The molecule has 1 aromatic heterocycles. The third kappa shape index (κ3) is 4.44. The van der Waals surface area contributed by atoms with Crippen LogP contribution in [0.15, 0.2) is 42.7 Å². The topological polar surface area (TPSA) is 62.2 Å². The van der Waals surface area contributed by atoms with Gasteiger partial charge in [-0.05, 0) is 18.6 Å². The fraction of sp³-hybridized carbons (Fsp3) is 0.176. The Morgan fingerprint density at radius 1 is 1.33 bits per heavy atom. The van der Waals surface area contributed by atoms with Gasteiger partial charge in [-0.3, -0.25) is 9.78 Å². The van der Waals surface area contributed by atoms with Crippen molar-refractivity contribution in [3.63, 3.8) is 0 Å². The number of nitrogens with one attached hydrogen (secondary N) is 1. The largest absolute Gasteiger partial charge is 0.384 e. The number of hydrogen-bond acceptors (Lipinski definition) is 3. The molecule has 2 N–H and O–H groups in total. The number of aromatic nitrogens is 1. The molecule has 0 aliphatic carbocycles. The fourth-order valence-electron chi connectivity index (χ4n) is 1.88. The van der Waals surface area contributed by atoms with E-state index in [4.69, 9.17) is 5.11 Å². The second-order valence-electron chi connectivity index (χ2n) is 4.59. The van der Waals surface area contributed by atoms with Gasteiger partial charge in [-0.1, -0.05) is 41.7 Å². The lowest BCUT2D eigenvalue weighted by Crippen LogP contribution is -2.23. The Morgan fingerprint density at radius 2 is 2.19 bits per heavy atom. The van der Waals surface area contributed by atoms with Crippen molar-refractivity contribution in [2.75, 3.05) is 6.61 Å². The molecule has 1 heterocycles. The van der Waals surface area contributed by atoms with Crippen LogP contribution in [0.5, 0.6) is 0 Å². The molecule has 4 nitrogen and oxygen atoms in total. The van der Waals surface area contributed by atoms with Crippen LogP contribution in [0.25, 0.3) is 0 Å². The molecule has 1 amide bonds. The number of aliphatic hydroxyl groups excluding tert-OH is 1. The van der Waals surface area contributed by atoms with Crippen molar-refractivity contribution < 1.29 is 9.90 Å². The minimum Gasteiger partial charge on any atom is -0.384 e. The highest BCUT2D eigenvalue weighted by Crippen LogP contribution is 2.05. The summed E-state index contributed by atoms with van der Waals surface area (Å²) >= 11 is 0. The van der Waals surface area contributed by atoms with Crippen LogP contribution in [0.1, 0.15) is 27.0 Å². The SMILES string of the molecule is Cc1cccc(CNC(=O)c2cncc(C#CCO)c2)c1. The van der Waals surface area contributed by atoms with E-state index in [0.717, 1.165) is 11.1 Å². The molecular formula is C17H16N2O2. The molecule has 0 unspecified atom stereocenters. The Balaban J connectivity index is 2.03. The van der Waals surface area contributed by atoms with Crippen LogP contribution < -0.4 is 5.32 Å². The van der Waals surface area contributed by atoms with Crippen molar-refractivity contribution >= 4 is 5.91 Å². The highest BCUT2D eigenvalue weighted by molar-refractivity contribution is 5.94. The highest BCUT2D eigenvalue weighted by Gasteiger charge is 2.06. The maximum Gasteiger partial charge on any atom is 0.253 e. The first kappa shape index (κ1) is 14.8. The van der Waals surface area contributed by atoms with Gasteiger partial charge >= 0.3 is 0 Å². The number of nitrogens with zero attached hydrogens (tertiary/aromatic N) is 1. The normalized spacial score (nSPS) is 9.62. The quantitative estimate of drug-likeness (QED) is 0.841. The molecule has 0 fully saturated rings. The maximum absolute atomic E-state index is 12.1. The van der Waals surface area contributed by atoms with E-state index < -0.39 is 0 Å². The summed E-state index contributed by atoms with van der Waals surface area (Å²) in [6.07, 6.45) is 3.05. The third-order valence-electron chi connectivity index (χ3n) is 2.85. The average Bonchev–Trinajstić information content (AvgIpc) is 2.51. The molecule has 0 aliphatic heterocycles. The van der Waals surface area contributed by atoms with E-state index in [1.807, 2.05) is 31.2 Å². The molecule has 0 aliphatic rings. The molecule has 1 aromatic carbocycles. The molecule has 21 heavy (non-hydrogen) atoms. The molecule has 0 spiro atoms. The van der Waals surface area contributed by atoms with Gasteiger partial charge in [0.1, 0.15) is 6.61 Å². The average molecular weight is 280 g/mol. The lowest BCUT2D eigenvalue weighted by atomic mass is 10.1. The monoisotopic (exact) mass is 280 g/mol. The Hall–Kier alpha value is -2.64. The van der Waals surface area contributed by atoms with Gasteiger partial charge in [0, 0.05) is 24.5 Å². The lowest BCUT2D eigenvalue weighted by molar-refractivity contribution is 0.0950. The van der Waals surface area contributed by atoms with Crippen LogP contribution in [-0.2, 0) is 6.54 Å². The lowest BCUT2D eigenvalue weighted by Gasteiger charge is -2.06. The molecule has 2 rings (SSSR count). The number of hydrogen-bond donors (Lipinski definition) is 2. The Bertz CT molecular complexity index is 699. The number of amides is 1. The van der Waals surface area contributed by atoms with Crippen LogP contribution in [0.4, 0.5) is 0 Å². The second-order valence-corrected chi connectivity index (χ2v) is 4.59. The Labute approximate surface area is 123 Å². The van der Waals surface area contributed by atoms with Gasteiger partial charge in [0.15, 0.2) is 0 Å². The number of aryl methyl sites for hydroxylation is 1. The van der Waals surface area contributed by atoms with E-state index in [0.29, 0.717) is 17.7 Å². The van der Waals surface area contributed by atoms with Crippen molar-refractivity contribution in [3.8, 4) is 11.8 Å². The zero-order valence-electron chi connectivity index (χ0n) is 11.8. The van der Waals surface area contributed by atoms with Gasteiger partial charge in [-0.15, -0.1) is 0 Å². The number of carbonyl (C=O) groups is 1. The van der Waals surface area contributed by atoms with Gasteiger partial charge in [0.2, 0.25) is 0 Å². The van der Waals surface area contributed by atoms with Crippen molar-refractivity contribution in [3.05, 3.63) is 65.0 Å². The fourth-order valence-corrected chi connectivity index (χ4v) is 1.88. The van der Waals surface area contributed by atoms with E-state index in [9.17, 15) is 4.79 Å². The van der Waals surface area contributed by atoms with Crippen LogP contribution >= 0.6 is 0 Å². The Kier molecular flexibility index (Phi) is 5.08. The molecule has 0 atom stereocenters. The van der Waals surface area contributed by atoms with Gasteiger partial charge < -0.3 is 10.4 Å². The summed E-state index contributed by atoms with van der Waals surface area (Å²) in [6.45, 7) is 2.26. The number of aliphatic hydroxyl groups is 1. The predicted octanol–water partition coefficient (Wildman–Crippen LogP) is 1.66. The molecule has 4 heteroatoms. The summed E-state index contributed by atoms with van der Waals surface area (Å²) in [5.74, 6) is 5.06. The summed E-state index contributed by atoms with van der Waals surface area (Å²) in [4.78, 5) is 16.1. The molecule has 2 aromatic rings. The molecular weight excluding hydrogens is 264 g/mol. The minimum atomic E-state index is -0.218. The van der Waals surface area contributed by atoms with Crippen LogP contribution in [-0.4, -0.2) is 22.6 Å². The third-order valence-corrected chi connectivity index (χ3v) is 2.85. The first-order valence-corrected chi connectivity index (χ1v) is 6.57. The number of benzene rings is 1. The van der Waals surface area contributed by atoms with Crippen LogP contribution in [0.3, 0.4) is 0 Å². The van der Waals surface area contributed by atoms with E-state index in [1.54, 1.807) is 12.3 Å². The van der Waals surface area contributed by atoms with E-state index in [-0.39, 0.29) is 12.5 Å². The van der Waals surface area contributed by atoms with Gasteiger partial charge in [0.25, 0.3) is 5.91 Å². The first-order chi connectivity index (χ1) is 10.2. The van der Waals surface area contributed by atoms with Crippen LogP contribution in [0, 0.1) is 18.8 Å². The summed E-state index contributed by atoms with van der Waals surface area (Å²) in [7, 11) is 0. The number of carbonyl (C=O) groups excluding carboxylic acids is 1. The smallest absolute Gasteiger partial charge is 0.253 e. The summed E-state index contributed by atoms with van der Waals surface area (Å²) < 4.78 is 0.